The molecule has 0 aromatic heterocycles. The van der Waals surface area contributed by atoms with Crippen LogP contribution in [-0.4, -0.2) is 31.1 Å². The van der Waals surface area contributed by atoms with Gasteiger partial charge in [0.25, 0.3) is 0 Å². The van der Waals surface area contributed by atoms with Crippen molar-refractivity contribution in [3.63, 3.8) is 0 Å². The van der Waals surface area contributed by atoms with E-state index in [1.54, 1.807) is 0 Å². The molecule has 0 N–H and O–H groups in total. The Balaban J connectivity index is 2.24. The van der Waals surface area contributed by atoms with Crippen molar-refractivity contribution in [2.75, 3.05) is 26.2 Å². The quantitative estimate of drug-likeness (QED) is 0.650. The Bertz CT molecular complexity index is 345. The third-order valence-electron chi connectivity index (χ3n) is 3.58. The second-order valence-electron chi connectivity index (χ2n) is 4.78. The second-order valence-corrected chi connectivity index (χ2v) is 4.78. The summed E-state index contributed by atoms with van der Waals surface area (Å²) in [6.45, 7) is 13.0. The van der Waals surface area contributed by atoms with Gasteiger partial charge in [0.05, 0.1) is 6.61 Å². The fourth-order valence-corrected chi connectivity index (χ4v) is 2.04. The van der Waals surface area contributed by atoms with Crippen LogP contribution in [0.4, 0.5) is 0 Å². The van der Waals surface area contributed by atoms with Crippen LogP contribution in [0.1, 0.15) is 37.8 Å². The summed E-state index contributed by atoms with van der Waals surface area (Å²) in [6.07, 6.45) is 2.34. The van der Waals surface area contributed by atoms with Gasteiger partial charge in [-0.25, -0.2) is 0 Å². The maximum atomic E-state index is 5.85. The first-order valence-electron chi connectivity index (χ1n) is 7.10. The minimum atomic E-state index is 0.825. The van der Waals surface area contributed by atoms with Crippen LogP contribution in [-0.2, 0) is 0 Å². The van der Waals surface area contributed by atoms with Gasteiger partial charge in [0.2, 0.25) is 0 Å². The van der Waals surface area contributed by atoms with E-state index in [0.29, 0.717) is 0 Å². The summed E-state index contributed by atoms with van der Waals surface area (Å²) in [5.41, 5.74) is 2.57. The third-order valence-corrected chi connectivity index (χ3v) is 3.58. The minimum Gasteiger partial charge on any atom is -0.493 e. The molecule has 0 spiro atoms. The molecule has 2 heteroatoms. The lowest BCUT2D eigenvalue weighted by molar-refractivity contribution is 0.265. The van der Waals surface area contributed by atoms with Gasteiger partial charge in [-0.3, -0.25) is 0 Å². The van der Waals surface area contributed by atoms with Gasteiger partial charge in [0, 0.05) is 0 Å². The summed E-state index contributed by atoms with van der Waals surface area (Å²) in [4.78, 5) is 2.46. The van der Waals surface area contributed by atoms with Crippen LogP contribution >= 0.6 is 0 Å². The molecule has 1 aromatic rings. The topological polar surface area (TPSA) is 12.5 Å². The summed E-state index contributed by atoms with van der Waals surface area (Å²) in [7, 11) is 0. The minimum absolute atomic E-state index is 0.825. The zero-order valence-electron chi connectivity index (χ0n) is 12.3. The Morgan fingerprint density at radius 3 is 2.44 bits per heavy atom. The van der Waals surface area contributed by atoms with Crippen molar-refractivity contribution >= 4 is 0 Å². The molecule has 1 rings (SSSR count). The molecular formula is C16H27NO. The van der Waals surface area contributed by atoms with E-state index in [0.717, 1.165) is 31.9 Å². The first-order valence-corrected chi connectivity index (χ1v) is 7.10. The van der Waals surface area contributed by atoms with Gasteiger partial charge in [-0.2, -0.15) is 0 Å². The first-order chi connectivity index (χ1) is 8.69. The lowest BCUT2D eigenvalue weighted by atomic mass is 10.1. The van der Waals surface area contributed by atoms with Crippen LogP contribution in [0.5, 0.6) is 5.75 Å². The third kappa shape index (κ3) is 4.69. The van der Waals surface area contributed by atoms with E-state index < -0.39 is 0 Å². The van der Waals surface area contributed by atoms with Gasteiger partial charge in [0.15, 0.2) is 0 Å². The van der Waals surface area contributed by atoms with Gasteiger partial charge < -0.3 is 9.64 Å². The van der Waals surface area contributed by atoms with E-state index in [1.807, 2.05) is 0 Å². The van der Waals surface area contributed by atoms with Crippen molar-refractivity contribution < 1.29 is 4.74 Å². The molecule has 2 nitrogen and oxygen atoms in total. The molecule has 0 aliphatic heterocycles. The lowest BCUT2D eigenvalue weighted by Crippen LogP contribution is -2.24. The summed E-state index contributed by atoms with van der Waals surface area (Å²) < 4.78 is 5.85. The predicted molar refractivity (Wildman–Crippen MR) is 78.4 cm³/mol. The molecule has 102 valence electrons. The van der Waals surface area contributed by atoms with Crippen LogP contribution in [0, 0.1) is 13.8 Å². The summed E-state index contributed by atoms with van der Waals surface area (Å²) in [5, 5.41) is 0. The Morgan fingerprint density at radius 1 is 1.06 bits per heavy atom. The Morgan fingerprint density at radius 2 is 1.78 bits per heavy atom. The van der Waals surface area contributed by atoms with E-state index >= 15 is 0 Å². The number of nitrogens with zero attached hydrogens (tertiary/aromatic N) is 1. The van der Waals surface area contributed by atoms with Crippen molar-refractivity contribution in [3.8, 4) is 5.75 Å². The molecule has 1 aromatic carbocycles. The van der Waals surface area contributed by atoms with Crippen molar-refractivity contribution in [1.29, 1.82) is 0 Å². The molecular weight excluding hydrogens is 222 g/mol. The largest absolute Gasteiger partial charge is 0.493 e. The number of rotatable bonds is 8. The van der Waals surface area contributed by atoms with E-state index in [1.165, 1.54) is 24.1 Å². The smallest absolute Gasteiger partial charge is 0.122 e. The molecule has 0 radical (unpaired) electrons. The molecule has 0 amide bonds. The highest BCUT2D eigenvalue weighted by Gasteiger charge is 2.02. The number of benzene rings is 1. The zero-order valence-corrected chi connectivity index (χ0v) is 12.3. The number of aryl methyl sites for hydroxylation is 1. The Labute approximate surface area is 112 Å². The molecule has 0 aliphatic rings. The fraction of sp³-hybridized carbons (Fsp3) is 0.625. The van der Waals surface area contributed by atoms with Gasteiger partial charge in [-0.1, -0.05) is 26.0 Å². The second kappa shape index (κ2) is 8.15. The molecule has 18 heavy (non-hydrogen) atoms. The zero-order chi connectivity index (χ0) is 13.4. The van der Waals surface area contributed by atoms with E-state index in [9.17, 15) is 0 Å². The Hall–Kier alpha value is -1.02. The predicted octanol–water partition coefficient (Wildman–Crippen LogP) is 3.80. The molecule has 0 heterocycles. The SMILES string of the molecule is CCN(CC)CCCCOc1cccc(C)c1C. The summed E-state index contributed by atoms with van der Waals surface area (Å²) in [6, 6.07) is 6.25. The highest BCUT2D eigenvalue weighted by Crippen LogP contribution is 2.20. The number of hydrogen-bond donors (Lipinski definition) is 0. The van der Waals surface area contributed by atoms with Crippen LogP contribution in [0.2, 0.25) is 0 Å². The van der Waals surface area contributed by atoms with Crippen LogP contribution < -0.4 is 4.74 Å². The lowest BCUT2D eigenvalue weighted by Gasteiger charge is -2.17. The van der Waals surface area contributed by atoms with Crippen molar-refractivity contribution in [3.05, 3.63) is 29.3 Å². The fourth-order valence-electron chi connectivity index (χ4n) is 2.04. The van der Waals surface area contributed by atoms with Gasteiger partial charge in [-0.05, 0) is 63.5 Å². The maximum absolute atomic E-state index is 5.85. The van der Waals surface area contributed by atoms with Crippen LogP contribution in [0.25, 0.3) is 0 Å². The monoisotopic (exact) mass is 249 g/mol. The number of hydrogen-bond acceptors (Lipinski definition) is 2. The summed E-state index contributed by atoms with van der Waals surface area (Å²) in [5.74, 6) is 1.04. The molecule has 0 saturated carbocycles. The molecule has 0 atom stereocenters. The first kappa shape index (κ1) is 15.0. The molecule has 0 unspecified atom stereocenters. The molecule has 0 bridgehead atoms. The standard InChI is InChI=1S/C16H27NO/c1-5-17(6-2)12-7-8-13-18-16-11-9-10-14(3)15(16)4/h9-11H,5-8,12-13H2,1-4H3. The highest BCUT2D eigenvalue weighted by atomic mass is 16.5. The number of ether oxygens (including phenoxy) is 1. The van der Waals surface area contributed by atoms with Gasteiger partial charge in [-0.15, -0.1) is 0 Å². The summed E-state index contributed by atoms with van der Waals surface area (Å²) >= 11 is 0. The van der Waals surface area contributed by atoms with Crippen LogP contribution in [0.15, 0.2) is 18.2 Å². The van der Waals surface area contributed by atoms with Gasteiger partial charge in [0.1, 0.15) is 5.75 Å². The Kier molecular flexibility index (Phi) is 6.81. The normalized spacial score (nSPS) is 10.9. The van der Waals surface area contributed by atoms with E-state index in [-0.39, 0.29) is 0 Å². The maximum Gasteiger partial charge on any atom is 0.122 e. The number of unbranched alkanes of at least 4 members (excludes halogenated alkanes) is 1. The molecule has 0 saturated heterocycles. The average Bonchev–Trinajstić information content (AvgIpc) is 2.38. The average molecular weight is 249 g/mol. The molecule has 0 aliphatic carbocycles. The van der Waals surface area contributed by atoms with E-state index in [2.05, 4.69) is 50.8 Å². The van der Waals surface area contributed by atoms with Crippen molar-refractivity contribution in [1.82, 2.24) is 4.90 Å². The van der Waals surface area contributed by atoms with E-state index in [4.69, 9.17) is 4.74 Å². The van der Waals surface area contributed by atoms with Gasteiger partial charge >= 0.3 is 0 Å². The van der Waals surface area contributed by atoms with Crippen molar-refractivity contribution in [2.24, 2.45) is 0 Å². The van der Waals surface area contributed by atoms with Crippen LogP contribution in [0.3, 0.4) is 0 Å². The van der Waals surface area contributed by atoms with Crippen molar-refractivity contribution in [2.45, 2.75) is 40.5 Å². The molecule has 0 fully saturated rings. The highest BCUT2D eigenvalue weighted by molar-refractivity contribution is 5.38.